The Morgan fingerprint density at radius 1 is 1.46 bits per heavy atom. The summed E-state index contributed by atoms with van der Waals surface area (Å²) in [6.45, 7) is 2.37. The summed E-state index contributed by atoms with van der Waals surface area (Å²) in [6.07, 6.45) is 3.68. The van der Waals surface area contributed by atoms with Crippen molar-refractivity contribution in [2.24, 2.45) is 5.92 Å². The largest absolute Gasteiger partial charge is 0.476 e. The molecular formula is C19H21FN2O3S. The van der Waals surface area contributed by atoms with Crippen molar-refractivity contribution in [3.63, 3.8) is 0 Å². The summed E-state index contributed by atoms with van der Waals surface area (Å²) >= 11 is 1.61. The van der Waals surface area contributed by atoms with E-state index in [2.05, 4.69) is 4.98 Å². The van der Waals surface area contributed by atoms with E-state index in [0.29, 0.717) is 38.6 Å². The molecule has 138 valence electrons. The lowest BCUT2D eigenvalue weighted by Gasteiger charge is -2.50. The van der Waals surface area contributed by atoms with Crippen molar-refractivity contribution in [2.45, 2.75) is 24.9 Å². The molecule has 1 spiro atoms. The molecule has 0 saturated carbocycles. The van der Waals surface area contributed by atoms with Crippen molar-refractivity contribution in [3.8, 4) is 5.88 Å². The van der Waals surface area contributed by atoms with E-state index in [0.717, 1.165) is 18.4 Å². The smallest absolute Gasteiger partial charge is 0.250 e. The Hall–Kier alpha value is -1.99. The number of rotatable bonds is 6. The number of nitrogens with zero attached hydrogens (tertiary/aromatic N) is 2. The van der Waals surface area contributed by atoms with Gasteiger partial charge in [-0.3, -0.25) is 4.79 Å². The molecular weight excluding hydrogens is 355 g/mol. The molecule has 4 rings (SSSR count). The summed E-state index contributed by atoms with van der Waals surface area (Å²) in [5, 5.41) is 4.00. The molecule has 0 aromatic carbocycles. The van der Waals surface area contributed by atoms with Crippen LogP contribution in [0.25, 0.3) is 0 Å². The van der Waals surface area contributed by atoms with E-state index < -0.39 is 5.82 Å². The van der Waals surface area contributed by atoms with Crippen LogP contribution in [0.1, 0.15) is 18.4 Å². The molecule has 2 aliphatic heterocycles. The molecule has 2 aromatic heterocycles. The van der Waals surface area contributed by atoms with Crippen LogP contribution in [0, 0.1) is 11.7 Å². The predicted molar refractivity (Wildman–Crippen MR) is 95.7 cm³/mol. The Morgan fingerprint density at radius 2 is 2.35 bits per heavy atom. The number of carbonyl (C=O) groups is 1. The number of pyridine rings is 1. The number of hydrogen-bond donors (Lipinski definition) is 0. The predicted octanol–water partition coefficient (Wildman–Crippen LogP) is 2.91. The monoisotopic (exact) mass is 376 g/mol. The topological polar surface area (TPSA) is 51.7 Å². The molecule has 1 atom stereocenters. The molecule has 1 amide bonds. The number of halogens is 1. The van der Waals surface area contributed by atoms with Gasteiger partial charge in [0.05, 0.1) is 26.1 Å². The fourth-order valence-electron chi connectivity index (χ4n) is 3.77. The van der Waals surface area contributed by atoms with Crippen LogP contribution in [0.4, 0.5) is 4.39 Å². The number of amides is 1. The van der Waals surface area contributed by atoms with Gasteiger partial charge in [-0.05, 0) is 53.3 Å². The maximum atomic E-state index is 13.6. The SMILES string of the molecule is O=C(Cc1ccsc1)N1CC2(C1)OCC[C@H]2CCOc1ncccc1F. The lowest BCUT2D eigenvalue weighted by atomic mass is 9.79. The van der Waals surface area contributed by atoms with Gasteiger partial charge in [0.25, 0.3) is 0 Å². The third-order valence-electron chi connectivity index (χ3n) is 5.23. The van der Waals surface area contributed by atoms with Crippen molar-refractivity contribution in [2.75, 3.05) is 26.3 Å². The third-order valence-corrected chi connectivity index (χ3v) is 5.97. The summed E-state index contributed by atoms with van der Waals surface area (Å²) in [5.74, 6) is 0.0647. The van der Waals surface area contributed by atoms with Gasteiger partial charge >= 0.3 is 0 Å². The van der Waals surface area contributed by atoms with Crippen LogP contribution >= 0.6 is 11.3 Å². The van der Waals surface area contributed by atoms with Crippen LogP contribution in [0.15, 0.2) is 35.2 Å². The van der Waals surface area contributed by atoms with Gasteiger partial charge in [-0.25, -0.2) is 9.37 Å². The lowest BCUT2D eigenvalue weighted by molar-refractivity contribution is -0.165. The van der Waals surface area contributed by atoms with Gasteiger partial charge in [-0.15, -0.1) is 0 Å². The number of ether oxygens (including phenoxy) is 2. The zero-order valence-electron chi connectivity index (χ0n) is 14.4. The first-order valence-corrected chi connectivity index (χ1v) is 9.77. The van der Waals surface area contributed by atoms with Crippen LogP contribution in [0.3, 0.4) is 0 Å². The van der Waals surface area contributed by atoms with Crippen LogP contribution in [0.2, 0.25) is 0 Å². The number of aromatic nitrogens is 1. The second-order valence-electron chi connectivity index (χ2n) is 6.88. The van der Waals surface area contributed by atoms with Crippen LogP contribution < -0.4 is 4.74 Å². The Labute approximate surface area is 155 Å². The molecule has 26 heavy (non-hydrogen) atoms. The third kappa shape index (κ3) is 3.46. The molecule has 0 N–H and O–H groups in total. The number of thiophene rings is 1. The summed E-state index contributed by atoms with van der Waals surface area (Å²) in [4.78, 5) is 18.1. The average Bonchev–Trinajstić information content (AvgIpc) is 3.24. The normalized spacial score (nSPS) is 21.0. The summed E-state index contributed by atoms with van der Waals surface area (Å²) in [7, 11) is 0. The van der Waals surface area contributed by atoms with Gasteiger partial charge in [0.15, 0.2) is 5.82 Å². The molecule has 5 nitrogen and oxygen atoms in total. The van der Waals surface area contributed by atoms with E-state index in [1.807, 2.05) is 21.7 Å². The van der Waals surface area contributed by atoms with Gasteiger partial charge in [-0.2, -0.15) is 11.3 Å². The number of carbonyl (C=O) groups excluding carboxylic acids is 1. The van der Waals surface area contributed by atoms with Crippen molar-refractivity contribution in [1.82, 2.24) is 9.88 Å². The van der Waals surface area contributed by atoms with Gasteiger partial charge in [-0.1, -0.05) is 0 Å². The highest BCUT2D eigenvalue weighted by Crippen LogP contribution is 2.41. The minimum Gasteiger partial charge on any atom is -0.476 e. The second kappa shape index (κ2) is 7.32. The highest BCUT2D eigenvalue weighted by molar-refractivity contribution is 7.08. The van der Waals surface area contributed by atoms with E-state index in [1.165, 1.54) is 18.3 Å². The molecule has 2 aliphatic rings. The average molecular weight is 376 g/mol. The van der Waals surface area contributed by atoms with E-state index in [4.69, 9.17) is 9.47 Å². The Bertz CT molecular complexity index is 762. The van der Waals surface area contributed by atoms with Crippen LogP contribution in [-0.2, 0) is 16.0 Å². The molecule has 0 bridgehead atoms. The fourth-order valence-corrected chi connectivity index (χ4v) is 4.44. The molecule has 4 heterocycles. The highest BCUT2D eigenvalue weighted by Gasteiger charge is 2.53. The molecule has 2 fully saturated rings. The van der Waals surface area contributed by atoms with Gasteiger partial charge in [0.1, 0.15) is 5.60 Å². The first-order valence-electron chi connectivity index (χ1n) is 8.82. The molecule has 0 unspecified atom stereocenters. The van der Waals surface area contributed by atoms with E-state index in [-0.39, 0.29) is 17.4 Å². The zero-order chi connectivity index (χ0) is 18.0. The highest BCUT2D eigenvalue weighted by atomic mass is 32.1. The van der Waals surface area contributed by atoms with Crippen LogP contribution in [-0.4, -0.2) is 47.7 Å². The molecule has 0 radical (unpaired) electrons. The van der Waals surface area contributed by atoms with Crippen LogP contribution in [0.5, 0.6) is 5.88 Å². The van der Waals surface area contributed by atoms with E-state index in [9.17, 15) is 9.18 Å². The van der Waals surface area contributed by atoms with Crippen molar-refractivity contribution >= 4 is 17.2 Å². The van der Waals surface area contributed by atoms with Gasteiger partial charge < -0.3 is 14.4 Å². The van der Waals surface area contributed by atoms with Crippen molar-refractivity contribution in [3.05, 3.63) is 46.5 Å². The van der Waals surface area contributed by atoms with Gasteiger partial charge in [0.2, 0.25) is 11.8 Å². The quantitative estimate of drug-likeness (QED) is 0.778. The second-order valence-corrected chi connectivity index (χ2v) is 7.66. The summed E-state index contributed by atoms with van der Waals surface area (Å²) in [6, 6.07) is 4.87. The Morgan fingerprint density at radius 3 is 3.12 bits per heavy atom. The standard InChI is InChI=1S/C19H21FN2O3S/c20-16-2-1-6-21-18(16)24-7-3-15-4-8-25-19(15)12-22(13-19)17(23)10-14-5-9-26-11-14/h1-2,5-6,9,11,15H,3-4,7-8,10,12-13H2/t15-/m1/s1. The van der Waals surface area contributed by atoms with Crippen molar-refractivity contribution < 1.29 is 18.7 Å². The lowest BCUT2D eigenvalue weighted by Crippen LogP contribution is -2.66. The molecule has 0 aliphatic carbocycles. The Balaban J connectivity index is 1.28. The minimum atomic E-state index is -0.446. The first kappa shape index (κ1) is 17.4. The fraction of sp³-hybridized carbons (Fsp3) is 0.474. The first-order chi connectivity index (χ1) is 12.7. The minimum absolute atomic E-state index is 0.0432. The molecule has 2 saturated heterocycles. The Kier molecular flexibility index (Phi) is 4.91. The molecule has 7 heteroatoms. The number of hydrogen-bond acceptors (Lipinski definition) is 5. The zero-order valence-corrected chi connectivity index (χ0v) is 15.2. The van der Waals surface area contributed by atoms with E-state index >= 15 is 0 Å². The maximum Gasteiger partial charge on any atom is 0.250 e. The summed E-state index contributed by atoms with van der Waals surface area (Å²) in [5.41, 5.74) is 0.812. The van der Waals surface area contributed by atoms with E-state index in [1.54, 1.807) is 11.3 Å². The summed E-state index contributed by atoms with van der Waals surface area (Å²) < 4.78 is 25.0. The van der Waals surface area contributed by atoms with Gasteiger partial charge in [0, 0.05) is 12.8 Å². The molecule has 2 aromatic rings. The number of likely N-dealkylation sites (tertiary alicyclic amines) is 1. The van der Waals surface area contributed by atoms with Crippen molar-refractivity contribution in [1.29, 1.82) is 0 Å². The maximum absolute atomic E-state index is 13.6.